The summed E-state index contributed by atoms with van der Waals surface area (Å²) in [6.45, 7) is 9.11. The second-order valence-electron chi connectivity index (χ2n) is 6.86. The van der Waals surface area contributed by atoms with Gasteiger partial charge in [-0.3, -0.25) is 4.90 Å². The molecule has 1 N–H and O–H groups in total. The fourth-order valence-electron chi connectivity index (χ4n) is 3.16. The van der Waals surface area contributed by atoms with Crippen LogP contribution in [0.25, 0.3) is 0 Å². The second kappa shape index (κ2) is 8.52. The molecule has 1 aliphatic rings. The van der Waals surface area contributed by atoms with E-state index in [4.69, 9.17) is 17.0 Å². The first-order chi connectivity index (χ1) is 12.5. The van der Waals surface area contributed by atoms with Crippen LogP contribution in [0.1, 0.15) is 16.7 Å². The smallest absolute Gasteiger partial charge is 0.173 e. The van der Waals surface area contributed by atoms with E-state index in [1.165, 1.54) is 16.7 Å². The zero-order valence-corrected chi connectivity index (χ0v) is 16.6. The first kappa shape index (κ1) is 18.7. The van der Waals surface area contributed by atoms with Crippen molar-refractivity contribution in [3.05, 3.63) is 59.2 Å². The molecule has 3 rings (SSSR count). The number of methoxy groups -OCH3 is 1. The maximum Gasteiger partial charge on any atom is 0.173 e. The van der Waals surface area contributed by atoms with Crippen molar-refractivity contribution in [1.29, 1.82) is 0 Å². The molecule has 138 valence electrons. The molecule has 26 heavy (non-hydrogen) atoms. The van der Waals surface area contributed by atoms with Crippen molar-refractivity contribution < 1.29 is 4.74 Å². The SMILES string of the molecule is COc1ccc(CN2CCN(C(=S)Nc3cc(C)ccc3C)CC2)cc1. The lowest BCUT2D eigenvalue weighted by molar-refractivity contribution is 0.177. The number of hydrogen-bond acceptors (Lipinski definition) is 3. The van der Waals surface area contributed by atoms with E-state index >= 15 is 0 Å². The molecule has 2 aromatic rings. The van der Waals surface area contributed by atoms with Crippen LogP contribution in [0.2, 0.25) is 0 Å². The Labute approximate surface area is 161 Å². The van der Waals surface area contributed by atoms with E-state index in [2.05, 4.69) is 59.3 Å². The Balaban J connectivity index is 1.51. The Hall–Kier alpha value is -2.11. The van der Waals surface area contributed by atoms with E-state index in [0.717, 1.165) is 49.3 Å². The summed E-state index contributed by atoms with van der Waals surface area (Å²) in [6.07, 6.45) is 0. The van der Waals surface area contributed by atoms with Crippen molar-refractivity contribution >= 4 is 23.0 Å². The van der Waals surface area contributed by atoms with Crippen molar-refractivity contribution in [3.8, 4) is 5.75 Å². The molecule has 0 bridgehead atoms. The number of nitrogens with zero attached hydrogens (tertiary/aromatic N) is 2. The van der Waals surface area contributed by atoms with Crippen LogP contribution in [-0.4, -0.2) is 48.2 Å². The minimum Gasteiger partial charge on any atom is -0.497 e. The molecule has 0 unspecified atom stereocenters. The third-order valence-electron chi connectivity index (χ3n) is 4.86. The summed E-state index contributed by atoms with van der Waals surface area (Å²) in [4.78, 5) is 4.74. The third kappa shape index (κ3) is 4.74. The van der Waals surface area contributed by atoms with Gasteiger partial charge in [0, 0.05) is 38.4 Å². The summed E-state index contributed by atoms with van der Waals surface area (Å²) in [7, 11) is 1.70. The second-order valence-corrected chi connectivity index (χ2v) is 7.25. The molecule has 0 spiro atoms. The van der Waals surface area contributed by atoms with Crippen LogP contribution in [0.15, 0.2) is 42.5 Å². The first-order valence-corrected chi connectivity index (χ1v) is 9.44. The average molecular weight is 370 g/mol. The maximum atomic E-state index is 5.64. The van der Waals surface area contributed by atoms with E-state index in [0.29, 0.717) is 0 Å². The minimum atomic E-state index is 0.822. The summed E-state index contributed by atoms with van der Waals surface area (Å²) in [6, 6.07) is 14.7. The quantitative estimate of drug-likeness (QED) is 0.827. The van der Waals surface area contributed by atoms with Gasteiger partial charge in [-0.25, -0.2) is 0 Å². The molecule has 5 heteroatoms. The van der Waals surface area contributed by atoms with Gasteiger partial charge in [0.1, 0.15) is 5.75 Å². The van der Waals surface area contributed by atoms with Gasteiger partial charge < -0.3 is 15.0 Å². The highest BCUT2D eigenvalue weighted by Crippen LogP contribution is 2.18. The van der Waals surface area contributed by atoms with Crippen LogP contribution in [0.5, 0.6) is 5.75 Å². The van der Waals surface area contributed by atoms with Gasteiger partial charge in [0.2, 0.25) is 0 Å². The highest BCUT2D eigenvalue weighted by atomic mass is 32.1. The number of hydrogen-bond donors (Lipinski definition) is 1. The first-order valence-electron chi connectivity index (χ1n) is 9.03. The highest BCUT2D eigenvalue weighted by Gasteiger charge is 2.19. The van der Waals surface area contributed by atoms with E-state index < -0.39 is 0 Å². The van der Waals surface area contributed by atoms with Gasteiger partial charge in [0.05, 0.1) is 7.11 Å². The summed E-state index contributed by atoms with van der Waals surface area (Å²) in [5, 5.41) is 4.24. The maximum absolute atomic E-state index is 5.64. The van der Waals surface area contributed by atoms with Gasteiger partial charge in [0.15, 0.2) is 5.11 Å². The summed E-state index contributed by atoms with van der Waals surface area (Å²) in [5.74, 6) is 0.904. The lowest BCUT2D eigenvalue weighted by atomic mass is 10.1. The molecule has 0 amide bonds. The summed E-state index contributed by atoms with van der Waals surface area (Å²) < 4.78 is 5.22. The van der Waals surface area contributed by atoms with E-state index in [9.17, 15) is 0 Å². The predicted molar refractivity (Wildman–Crippen MR) is 112 cm³/mol. The third-order valence-corrected chi connectivity index (χ3v) is 5.22. The van der Waals surface area contributed by atoms with Crippen LogP contribution in [0.3, 0.4) is 0 Å². The Morgan fingerprint density at radius 3 is 2.38 bits per heavy atom. The Bertz CT molecular complexity index is 752. The van der Waals surface area contributed by atoms with Crippen LogP contribution >= 0.6 is 12.2 Å². The fourth-order valence-corrected chi connectivity index (χ4v) is 3.46. The predicted octanol–water partition coefficient (Wildman–Crippen LogP) is 3.83. The van der Waals surface area contributed by atoms with Gasteiger partial charge in [-0.2, -0.15) is 0 Å². The molecular weight excluding hydrogens is 342 g/mol. The van der Waals surface area contributed by atoms with E-state index in [1.807, 2.05) is 12.1 Å². The lowest BCUT2D eigenvalue weighted by Gasteiger charge is -2.36. The van der Waals surface area contributed by atoms with E-state index in [1.54, 1.807) is 7.11 Å². The van der Waals surface area contributed by atoms with E-state index in [-0.39, 0.29) is 0 Å². The number of ether oxygens (including phenoxy) is 1. The number of anilines is 1. The van der Waals surface area contributed by atoms with Crippen molar-refractivity contribution in [2.24, 2.45) is 0 Å². The summed E-state index contributed by atoms with van der Waals surface area (Å²) >= 11 is 5.64. The molecule has 1 aliphatic heterocycles. The van der Waals surface area contributed by atoms with Gasteiger partial charge >= 0.3 is 0 Å². The molecule has 4 nitrogen and oxygen atoms in total. The average Bonchev–Trinajstić information content (AvgIpc) is 2.66. The number of rotatable bonds is 4. The Kier molecular flexibility index (Phi) is 6.12. The molecule has 1 saturated heterocycles. The fraction of sp³-hybridized carbons (Fsp3) is 0.381. The van der Waals surface area contributed by atoms with Crippen LogP contribution in [0, 0.1) is 13.8 Å². The number of benzene rings is 2. The molecule has 1 fully saturated rings. The normalized spacial score (nSPS) is 15.0. The van der Waals surface area contributed by atoms with Gasteiger partial charge in [-0.05, 0) is 61.0 Å². The Morgan fingerprint density at radius 1 is 1.04 bits per heavy atom. The molecule has 1 heterocycles. The van der Waals surface area contributed by atoms with Crippen LogP contribution in [-0.2, 0) is 6.54 Å². The van der Waals surface area contributed by atoms with Crippen molar-refractivity contribution in [2.75, 3.05) is 38.6 Å². The van der Waals surface area contributed by atoms with Gasteiger partial charge in [-0.1, -0.05) is 24.3 Å². The largest absolute Gasteiger partial charge is 0.497 e. The zero-order valence-electron chi connectivity index (χ0n) is 15.8. The molecule has 0 saturated carbocycles. The molecular formula is C21H27N3OS. The number of aryl methyl sites for hydroxylation is 2. The number of thiocarbonyl (C=S) groups is 1. The van der Waals surface area contributed by atoms with Crippen LogP contribution in [0.4, 0.5) is 5.69 Å². The van der Waals surface area contributed by atoms with Crippen molar-refractivity contribution in [2.45, 2.75) is 20.4 Å². The number of piperazine rings is 1. The van der Waals surface area contributed by atoms with Gasteiger partial charge in [0.25, 0.3) is 0 Å². The van der Waals surface area contributed by atoms with Crippen LogP contribution < -0.4 is 10.1 Å². The van der Waals surface area contributed by atoms with Gasteiger partial charge in [-0.15, -0.1) is 0 Å². The minimum absolute atomic E-state index is 0.822. The van der Waals surface area contributed by atoms with Crippen molar-refractivity contribution in [1.82, 2.24) is 9.80 Å². The molecule has 0 aliphatic carbocycles. The lowest BCUT2D eigenvalue weighted by Crippen LogP contribution is -2.49. The summed E-state index contributed by atoms with van der Waals surface area (Å²) in [5.41, 5.74) is 4.88. The monoisotopic (exact) mass is 369 g/mol. The topological polar surface area (TPSA) is 27.7 Å². The molecule has 0 atom stereocenters. The Morgan fingerprint density at radius 2 is 1.73 bits per heavy atom. The standard InChI is InChI=1S/C21H27N3OS/c1-16-4-5-17(2)20(14-16)22-21(26)24-12-10-23(11-13-24)15-18-6-8-19(25-3)9-7-18/h4-9,14H,10-13,15H2,1-3H3,(H,22,26). The number of nitrogens with one attached hydrogen (secondary N) is 1. The van der Waals surface area contributed by atoms with Crippen molar-refractivity contribution in [3.63, 3.8) is 0 Å². The molecule has 0 aromatic heterocycles. The highest BCUT2D eigenvalue weighted by molar-refractivity contribution is 7.80. The molecule has 0 radical (unpaired) electrons. The zero-order chi connectivity index (χ0) is 18.5. The molecule has 2 aromatic carbocycles.